The smallest absolute Gasteiger partial charge is 0.314 e. The summed E-state index contributed by atoms with van der Waals surface area (Å²) in [5, 5.41) is 6.74. The molecule has 2 atom stereocenters. The number of carbonyl (C=O) groups is 2. The first-order valence-electron chi connectivity index (χ1n) is 10.0. The number of nitrogens with two attached hydrogens (primary N) is 1. The van der Waals surface area contributed by atoms with Crippen molar-refractivity contribution in [3.63, 3.8) is 0 Å². The van der Waals surface area contributed by atoms with Crippen molar-refractivity contribution in [1.29, 1.82) is 0 Å². The van der Waals surface area contributed by atoms with E-state index in [4.69, 9.17) is 5.73 Å². The quantitative estimate of drug-likeness (QED) is 0.563. The number of piperidine rings is 1. The van der Waals surface area contributed by atoms with Gasteiger partial charge in [-0.1, -0.05) is 32.0 Å². The van der Waals surface area contributed by atoms with Crippen molar-refractivity contribution < 1.29 is 17.9 Å². The van der Waals surface area contributed by atoms with Gasteiger partial charge in [-0.15, -0.1) is 3.89 Å². The number of anilines is 2. The number of nitrogens with one attached hydrogen (secondary N) is 1. The maximum Gasteiger partial charge on any atom is 0.314 e. The van der Waals surface area contributed by atoms with Gasteiger partial charge in [0, 0.05) is 13.1 Å². The van der Waals surface area contributed by atoms with Crippen molar-refractivity contribution >= 4 is 46.6 Å². The van der Waals surface area contributed by atoms with E-state index in [9.17, 15) is 17.9 Å². The number of pyridine rings is 1. The van der Waals surface area contributed by atoms with E-state index in [1.807, 2.05) is 0 Å². The summed E-state index contributed by atoms with van der Waals surface area (Å²) in [6, 6.07) is 7.94. The fourth-order valence-electron chi connectivity index (χ4n) is 3.36. The molecule has 3 N–H and O–H groups in total. The lowest BCUT2D eigenvalue weighted by Crippen LogP contribution is -2.46. The van der Waals surface area contributed by atoms with Crippen molar-refractivity contribution in [2.24, 2.45) is 11.8 Å². The Morgan fingerprint density at radius 3 is 2.50 bits per heavy atom. The number of halogens is 2. The molecule has 1 aliphatic rings. The van der Waals surface area contributed by atoms with Gasteiger partial charge in [0.15, 0.2) is 12.3 Å². The van der Waals surface area contributed by atoms with Crippen molar-refractivity contribution in [3.05, 3.63) is 48.5 Å². The number of nitrogens with zero attached hydrogens (tertiary/aromatic N) is 4. The molecule has 1 aromatic carbocycles. The van der Waals surface area contributed by atoms with Crippen LogP contribution in [0.25, 0.3) is 10.9 Å². The molecule has 3 aromatic rings. The topological polar surface area (TPSA) is 106 Å². The van der Waals surface area contributed by atoms with Crippen molar-refractivity contribution in [2.75, 3.05) is 24.1 Å². The van der Waals surface area contributed by atoms with Crippen LogP contribution in [0.5, 0.6) is 0 Å². The molecule has 0 radical (unpaired) electrons. The van der Waals surface area contributed by atoms with Crippen LogP contribution in [0, 0.1) is 17.7 Å². The van der Waals surface area contributed by atoms with Gasteiger partial charge in [0.25, 0.3) is 0 Å². The Kier molecular flexibility index (Phi) is 7.62. The van der Waals surface area contributed by atoms with Crippen LogP contribution in [0.1, 0.15) is 20.3 Å². The van der Waals surface area contributed by atoms with Crippen LogP contribution >= 0.6 is 12.3 Å². The van der Waals surface area contributed by atoms with Crippen molar-refractivity contribution in [2.45, 2.75) is 20.3 Å². The number of aromatic nitrogens is 3. The summed E-state index contributed by atoms with van der Waals surface area (Å²) in [5.41, 5.74) is 6.19. The van der Waals surface area contributed by atoms with E-state index in [1.54, 1.807) is 23.1 Å². The van der Waals surface area contributed by atoms with E-state index in [2.05, 4.69) is 29.2 Å². The van der Waals surface area contributed by atoms with Crippen LogP contribution in [0.3, 0.4) is 0 Å². The van der Waals surface area contributed by atoms with Crippen LogP contribution in [-0.2, 0) is 9.59 Å². The van der Waals surface area contributed by atoms with Crippen LogP contribution in [0.4, 0.5) is 19.8 Å². The highest BCUT2D eigenvalue weighted by atomic mass is 32.2. The number of hydrogen-bond acceptors (Lipinski definition) is 6. The van der Waals surface area contributed by atoms with Gasteiger partial charge in [-0.05, 0) is 30.4 Å². The number of rotatable bonds is 2. The highest BCUT2D eigenvalue weighted by molar-refractivity contribution is 7.92. The normalized spacial score (nSPS) is 18.1. The van der Waals surface area contributed by atoms with E-state index in [0.29, 0.717) is 30.3 Å². The summed E-state index contributed by atoms with van der Waals surface area (Å²) in [5.74, 6) is -0.557. The number of amides is 2. The largest absolute Gasteiger partial charge is 0.383 e. The van der Waals surface area contributed by atoms with Gasteiger partial charge in [0.05, 0.1) is 23.5 Å². The van der Waals surface area contributed by atoms with Gasteiger partial charge in [-0.3, -0.25) is 9.59 Å². The maximum absolute atomic E-state index is 13.0. The molecule has 2 aromatic heterocycles. The zero-order valence-electron chi connectivity index (χ0n) is 17.7. The molecule has 1 saturated heterocycles. The summed E-state index contributed by atoms with van der Waals surface area (Å²) in [6.07, 6.45) is 3.51. The third kappa shape index (κ3) is 5.34. The zero-order chi connectivity index (χ0) is 23.3. The Labute approximate surface area is 188 Å². The molecule has 2 amide bonds. The Balaban J connectivity index is 0.000000352. The average Bonchev–Trinajstić information content (AvgIpc) is 3.23. The minimum Gasteiger partial charge on any atom is -0.383 e. The molecular formula is C21H24F2N6O2S. The van der Waals surface area contributed by atoms with Gasteiger partial charge >= 0.3 is 11.8 Å². The van der Waals surface area contributed by atoms with Gasteiger partial charge in [-0.25, -0.2) is 9.37 Å². The molecular weight excluding hydrogens is 438 g/mol. The second-order valence-electron chi connectivity index (χ2n) is 7.65. The zero-order valence-corrected chi connectivity index (χ0v) is 18.5. The Hall–Kier alpha value is -3.21. The van der Waals surface area contributed by atoms with E-state index in [0.717, 1.165) is 10.5 Å². The van der Waals surface area contributed by atoms with Crippen LogP contribution in [0.2, 0.25) is 0 Å². The van der Waals surface area contributed by atoms with E-state index >= 15 is 0 Å². The number of hydrogen-bond donors (Lipinski definition) is 2. The highest BCUT2D eigenvalue weighted by Gasteiger charge is 2.30. The van der Waals surface area contributed by atoms with Gasteiger partial charge < -0.3 is 16.0 Å². The number of nitrogen functional groups attached to an aromatic ring is 1. The average molecular weight is 463 g/mol. The second-order valence-corrected chi connectivity index (χ2v) is 8.13. The number of benzene rings is 1. The Morgan fingerprint density at radius 1 is 1.19 bits per heavy atom. The second kappa shape index (κ2) is 10.4. The monoisotopic (exact) mass is 462 g/mol. The minimum atomic E-state index is -0.786. The number of likely N-dealkylation sites (tertiary alicyclic amines) is 1. The third-order valence-electron chi connectivity index (χ3n) is 5.46. The fraction of sp³-hybridized carbons (Fsp3) is 0.333. The summed E-state index contributed by atoms with van der Waals surface area (Å²) >= 11 is -0.133. The first-order chi connectivity index (χ1) is 15.3. The highest BCUT2D eigenvalue weighted by Crippen LogP contribution is 2.29. The standard InChI is InChI=1S/C15H19FN6O2S.C6H5F/c1-8-3-4-21(7-9(8)2)15(24)14(23)20-11-6-18-13(17)10-5-19-22(25-16)12(10)11;7-6-4-2-1-3-5-6/h5-6,8-9H,3-4,7H2,1-2H3,(H2,17,18)(H,20,23);1-5H. The summed E-state index contributed by atoms with van der Waals surface area (Å²) < 4.78 is 25.9. The number of fused-ring (bicyclic) bond motifs is 1. The van der Waals surface area contributed by atoms with Gasteiger partial charge in [0.1, 0.15) is 17.2 Å². The maximum atomic E-state index is 13.0. The minimum absolute atomic E-state index is 0.133. The predicted octanol–water partition coefficient (Wildman–Crippen LogP) is 3.66. The molecule has 0 bridgehead atoms. The molecule has 0 aliphatic carbocycles. The van der Waals surface area contributed by atoms with Gasteiger partial charge in [0.2, 0.25) is 0 Å². The van der Waals surface area contributed by atoms with Crippen LogP contribution < -0.4 is 11.1 Å². The lowest BCUT2D eigenvalue weighted by molar-refractivity contribution is -0.144. The van der Waals surface area contributed by atoms with Gasteiger partial charge in [-0.2, -0.15) is 9.19 Å². The van der Waals surface area contributed by atoms with Crippen LogP contribution in [-0.4, -0.2) is 44.0 Å². The van der Waals surface area contributed by atoms with E-state index in [-0.39, 0.29) is 35.2 Å². The summed E-state index contributed by atoms with van der Waals surface area (Å²) in [7, 11) is 0. The molecule has 1 fully saturated rings. The number of carbonyl (C=O) groups excluding carboxylic acids is 2. The first kappa shape index (κ1) is 23.5. The van der Waals surface area contributed by atoms with E-state index in [1.165, 1.54) is 24.5 Å². The summed E-state index contributed by atoms with van der Waals surface area (Å²) in [4.78, 5) is 30.3. The third-order valence-corrected chi connectivity index (χ3v) is 5.87. The van der Waals surface area contributed by atoms with Crippen molar-refractivity contribution in [1.82, 2.24) is 19.1 Å². The summed E-state index contributed by atoms with van der Waals surface area (Å²) in [6.45, 7) is 5.29. The fourth-order valence-corrected chi connectivity index (χ4v) is 3.71. The molecule has 0 spiro atoms. The molecule has 1 aliphatic heterocycles. The first-order valence-corrected chi connectivity index (χ1v) is 10.7. The molecule has 170 valence electrons. The lowest BCUT2D eigenvalue weighted by atomic mass is 9.88. The Bertz CT molecular complexity index is 1090. The molecule has 32 heavy (non-hydrogen) atoms. The van der Waals surface area contributed by atoms with Crippen LogP contribution in [0.15, 0.2) is 42.7 Å². The molecule has 8 nitrogen and oxygen atoms in total. The molecule has 2 unspecified atom stereocenters. The molecule has 4 rings (SSSR count). The van der Waals surface area contributed by atoms with Crippen molar-refractivity contribution in [3.8, 4) is 0 Å². The Morgan fingerprint density at radius 2 is 1.91 bits per heavy atom. The molecule has 11 heteroatoms. The SMILES string of the molecule is CC1CCN(C(=O)C(=O)Nc2cnc(N)c3cnn(SF)c23)CC1C.Fc1ccccc1. The lowest BCUT2D eigenvalue weighted by Gasteiger charge is -2.34. The predicted molar refractivity (Wildman–Crippen MR) is 121 cm³/mol. The van der Waals surface area contributed by atoms with E-state index < -0.39 is 11.8 Å². The molecule has 3 heterocycles. The molecule has 0 saturated carbocycles.